The first-order chi connectivity index (χ1) is 56.6. The molecular formula is C96H76BN5O. The van der Waals surface area contributed by atoms with Crippen molar-refractivity contribution in [2.45, 2.75) is 78.6 Å². The van der Waals surface area contributed by atoms with Crippen LogP contribution in [0.1, 0.15) is 101 Å². The van der Waals surface area contributed by atoms with Gasteiger partial charge in [0.05, 0.1) is 66.4 Å². The molecule has 0 spiro atoms. The summed E-state index contributed by atoms with van der Waals surface area (Å²) in [7, 11) is 0. The average Bonchev–Trinajstić information content (AvgIpc) is 1.68. The van der Waals surface area contributed by atoms with Crippen LogP contribution in [0.15, 0.2) is 301 Å². The van der Waals surface area contributed by atoms with E-state index >= 15 is 0 Å². The lowest BCUT2D eigenvalue weighted by Gasteiger charge is -2.45. The summed E-state index contributed by atoms with van der Waals surface area (Å²) in [5.41, 5.74) is 17.1. The second kappa shape index (κ2) is 22.2. The Labute approximate surface area is 623 Å². The Balaban J connectivity index is 0.937. The van der Waals surface area contributed by atoms with E-state index in [4.69, 9.17) is 12.6 Å². The van der Waals surface area contributed by atoms with Crippen LogP contribution in [0.4, 0.5) is 34.1 Å². The van der Waals surface area contributed by atoms with Gasteiger partial charge in [-0.3, -0.25) is 0 Å². The third-order valence-electron chi connectivity index (χ3n) is 21.3. The number of benzene rings is 14. The highest BCUT2D eigenvalue weighted by molar-refractivity contribution is 7.00. The van der Waals surface area contributed by atoms with E-state index in [1.807, 2.05) is 54.6 Å². The molecule has 2 aliphatic heterocycles. The van der Waals surface area contributed by atoms with Crippen LogP contribution in [0.5, 0.6) is 0 Å². The zero-order chi connectivity index (χ0) is 83.5. The molecule has 6 heterocycles. The number of hydrogen-bond acceptors (Lipinski definition) is 3. The Morgan fingerprint density at radius 2 is 0.699 bits per heavy atom. The van der Waals surface area contributed by atoms with Crippen LogP contribution in [0.25, 0.3) is 127 Å². The molecule has 0 bridgehead atoms. The number of nitrogens with zero attached hydrogens (tertiary/aromatic N) is 5. The van der Waals surface area contributed by atoms with Gasteiger partial charge in [-0.15, -0.1) is 0 Å². The van der Waals surface area contributed by atoms with Crippen LogP contribution in [0, 0.1) is 0 Å². The molecule has 0 fully saturated rings. The standard InChI is InChI=1S/C96H76BN5O/c1-94(2,3)63-42-48-83-75(53-63)76-54-64(95(4,5)6)43-49-84(76)99(83)66-44-46-77-87(57-66)100(68-51-61(59-26-12-10-13-27-59)50-62(52-68)60-28-14-11-15-29-60)89-55-65(96(7,8)9)56-90-91(89)97(77)78-47-45-67(98-79-36-20-16-30-69(79)70-31-17-21-37-80(70)98)58-88(78)102(90)86-41-25-35-74-73-34-24-40-85(92(73)103-93(74)86)101-81-38-22-18-32-71(81)72-33-19-23-39-82(72)101/h10-58H,1-9H3/i16D,17D,18D,19D,20D,21D,22D,23D,30D,31D,32D,33D,36D,37D,38D,39D. The number of furan rings is 1. The van der Waals surface area contributed by atoms with Crippen molar-refractivity contribution >= 4 is 145 Å². The van der Waals surface area contributed by atoms with Crippen molar-refractivity contribution in [3.8, 4) is 39.3 Å². The molecule has 0 atom stereocenters. The molecule has 494 valence electrons. The summed E-state index contributed by atoms with van der Waals surface area (Å²) in [4.78, 5) is 4.58. The second-order valence-corrected chi connectivity index (χ2v) is 30.5. The molecule has 0 amide bonds. The SMILES string of the molecule is [2H]c1c([2H])c([2H])c2c(c1[2H])c1c([2H])c([2H])c([2H])c([2H])c1n2-c1ccc2c(c1)N(c1cccc3c1oc1c(-n4c5c([2H])c([2H])c([2H])c([2H])c5c5c([2H])c([2H])c([2H])c([2H])c54)cccc13)c1cc(C(C)(C)C)cc3c1B2c1ccc(-n2c4ccc(C(C)(C)C)cc4c4cc(C(C)(C)C)ccc42)cc1N3c1cc(-c2ccccc2)cc(-c2ccccc2)c1. The molecule has 18 aromatic rings. The van der Waals surface area contributed by atoms with Crippen LogP contribution in [-0.2, 0) is 16.2 Å². The van der Waals surface area contributed by atoms with Gasteiger partial charge >= 0.3 is 0 Å². The van der Waals surface area contributed by atoms with Gasteiger partial charge < -0.3 is 27.9 Å². The maximum atomic E-state index is 9.80. The molecule has 0 N–H and O–H groups in total. The number of para-hydroxylation sites is 6. The van der Waals surface area contributed by atoms with E-state index in [1.54, 1.807) is 16.7 Å². The van der Waals surface area contributed by atoms with Crippen LogP contribution in [0.3, 0.4) is 0 Å². The monoisotopic (exact) mass is 1340 g/mol. The van der Waals surface area contributed by atoms with Gasteiger partial charge in [0.1, 0.15) is 0 Å². The van der Waals surface area contributed by atoms with Crippen molar-refractivity contribution in [1.82, 2.24) is 13.7 Å². The molecule has 0 aliphatic carbocycles. The zero-order valence-electron chi connectivity index (χ0n) is 74.3. The van der Waals surface area contributed by atoms with Gasteiger partial charge in [0, 0.05) is 82.9 Å². The average molecular weight is 1340 g/mol. The Kier molecular flexibility index (Phi) is 10.0. The lowest BCUT2D eigenvalue weighted by Crippen LogP contribution is -2.61. The van der Waals surface area contributed by atoms with Crippen molar-refractivity contribution in [2.75, 3.05) is 9.80 Å². The number of aromatic nitrogens is 3. The Hall–Kier alpha value is -12.1. The molecule has 6 nitrogen and oxygen atoms in total. The van der Waals surface area contributed by atoms with E-state index in [0.29, 0.717) is 39.1 Å². The fourth-order valence-corrected chi connectivity index (χ4v) is 16.3. The van der Waals surface area contributed by atoms with Crippen molar-refractivity contribution < 1.29 is 26.3 Å². The highest BCUT2D eigenvalue weighted by atomic mass is 16.3. The molecule has 4 aromatic heterocycles. The quantitative estimate of drug-likeness (QED) is 0.149. The van der Waals surface area contributed by atoms with Crippen LogP contribution < -0.4 is 26.2 Å². The van der Waals surface area contributed by atoms with E-state index in [1.165, 1.54) is 15.7 Å². The normalized spacial score (nSPS) is 15.4. The van der Waals surface area contributed by atoms with Gasteiger partial charge in [-0.25, -0.2) is 0 Å². The molecule has 7 heteroatoms. The van der Waals surface area contributed by atoms with Crippen LogP contribution >= 0.6 is 0 Å². The van der Waals surface area contributed by atoms with E-state index in [0.717, 1.165) is 88.8 Å². The third kappa shape index (κ3) is 9.27. The predicted octanol–water partition coefficient (Wildman–Crippen LogP) is 24.2. The van der Waals surface area contributed by atoms with Gasteiger partial charge in [0.2, 0.25) is 0 Å². The van der Waals surface area contributed by atoms with Crippen molar-refractivity contribution in [1.29, 1.82) is 0 Å². The van der Waals surface area contributed by atoms with Gasteiger partial charge in [-0.1, -0.05) is 244 Å². The summed E-state index contributed by atoms with van der Waals surface area (Å²) >= 11 is 0. The summed E-state index contributed by atoms with van der Waals surface area (Å²) in [5.74, 6) is 0. The molecule has 20 rings (SSSR count). The minimum absolute atomic E-state index is 0.0576. The Bertz CT molecular complexity index is 7310. The first kappa shape index (κ1) is 46.4. The maximum Gasteiger partial charge on any atom is 0.252 e. The van der Waals surface area contributed by atoms with Gasteiger partial charge in [0.15, 0.2) is 11.2 Å². The molecule has 103 heavy (non-hydrogen) atoms. The van der Waals surface area contributed by atoms with Crippen molar-refractivity contribution in [2.24, 2.45) is 0 Å². The summed E-state index contributed by atoms with van der Waals surface area (Å²) in [6, 6.07) is 61.3. The summed E-state index contributed by atoms with van der Waals surface area (Å²) in [5, 5.41) is 3.06. The topological polar surface area (TPSA) is 34.4 Å². The first-order valence-corrected chi connectivity index (χ1v) is 35.0. The van der Waals surface area contributed by atoms with E-state index in [9.17, 15) is 13.7 Å². The summed E-state index contributed by atoms with van der Waals surface area (Å²) in [6.07, 6.45) is 0. The summed E-state index contributed by atoms with van der Waals surface area (Å²) < 4.78 is 162. The number of anilines is 6. The highest BCUT2D eigenvalue weighted by Gasteiger charge is 2.45. The van der Waals surface area contributed by atoms with E-state index in [-0.39, 0.29) is 65.7 Å². The van der Waals surface area contributed by atoms with E-state index in [2.05, 4.69) is 210 Å². The molecule has 0 radical (unpaired) electrons. The van der Waals surface area contributed by atoms with E-state index < -0.39 is 109 Å². The van der Waals surface area contributed by atoms with Crippen LogP contribution in [-0.4, -0.2) is 20.4 Å². The fourth-order valence-electron chi connectivity index (χ4n) is 16.3. The van der Waals surface area contributed by atoms with Crippen LogP contribution in [0.2, 0.25) is 0 Å². The van der Waals surface area contributed by atoms with Crippen molar-refractivity contribution in [3.63, 3.8) is 0 Å². The second-order valence-electron chi connectivity index (χ2n) is 30.5. The third-order valence-corrected chi connectivity index (χ3v) is 21.3. The number of rotatable bonds is 7. The smallest absolute Gasteiger partial charge is 0.252 e. The zero-order valence-corrected chi connectivity index (χ0v) is 58.3. The van der Waals surface area contributed by atoms with Crippen molar-refractivity contribution in [3.05, 3.63) is 314 Å². The lowest BCUT2D eigenvalue weighted by molar-refractivity contribution is 0.590. The fraction of sp³-hybridized carbons (Fsp3) is 0.125. The molecule has 0 saturated heterocycles. The summed E-state index contributed by atoms with van der Waals surface area (Å²) in [6.45, 7) is 19.4. The lowest BCUT2D eigenvalue weighted by atomic mass is 9.33. The molecule has 14 aromatic carbocycles. The molecule has 0 saturated carbocycles. The number of fused-ring (bicyclic) bond motifs is 16. The van der Waals surface area contributed by atoms with Gasteiger partial charge in [0.25, 0.3) is 6.71 Å². The minimum atomic E-state index is -0.619. The Morgan fingerprint density at radius 3 is 1.17 bits per heavy atom. The minimum Gasteiger partial charge on any atom is -0.452 e. The molecule has 0 unspecified atom stereocenters. The van der Waals surface area contributed by atoms with Gasteiger partial charge in [-0.05, 0) is 187 Å². The molecule has 2 aliphatic rings. The Morgan fingerprint density at radius 1 is 0.282 bits per heavy atom. The highest BCUT2D eigenvalue weighted by Crippen LogP contribution is 2.52. The number of hydrogen-bond donors (Lipinski definition) is 0. The largest absolute Gasteiger partial charge is 0.452 e. The van der Waals surface area contributed by atoms with Gasteiger partial charge in [-0.2, -0.15) is 0 Å². The first-order valence-electron chi connectivity index (χ1n) is 43.0. The molecular weight excluding hydrogens is 1250 g/mol. The predicted molar refractivity (Wildman–Crippen MR) is 438 cm³/mol. The maximum absolute atomic E-state index is 9.80.